The highest BCUT2D eigenvalue weighted by atomic mass is 15.1. The second-order valence-corrected chi connectivity index (χ2v) is 15.7. The van der Waals surface area contributed by atoms with Crippen LogP contribution in [0, 0.1) is 0 Å². The highest BCUT2D eigenvalue weighted by Gasteiger charge is 2.37. The number of fused-ring (bicyclic) bond motifs is 7. The Kier molecular flexibility index (Phi) is 7.55. The minimum atomic E-state index is -0.0913. The molecule has 2 heteroatoms. The highest BCUT2D eigenvalue weighted by molar-refractivity contribution is 6.09. The van der Waals surface area contributed by atoms with E-state index in [1.54, 1.807) is 0 Å². The van der Waals surface area contributed by atoms with Crippen LogP contribution in [0.2, 0.25) is 0 Å². The third-order valence-corrected chi connectivity index (χ3v) is 12.2. The van der Waals surface area contributed by atoms with Crippen molar-refractivity contribution in [1.29, 1.82) is 0 Å². The third kappa shape index (κ3) is 5.18. The second-order valence-electron chi connectivity index (χ2n) is 15.7. The molecule has 0 saturated carbocycles. The Labute approximate surface area is 333 Å². The van der Waals surface area contributed by atoms with Gasteiger partial charge in [0.2, 0.25) is 0 Å². The summed E-state index contributed by atoms with van der Waals surface area (Å²) in [5.74, 6) is 0. The number of rotatable bonds is 6. The van der Waals surface area contributed by atoms with Crippen LogP contribution < -0.4 is 4.90 Å². The first-order chi connectivity index (χ1) is 28.1. The van der Waals surface area contributed by atoms with Gasteiger partial charge in [0.05, 0.1) is 16.7 Å². The fraction of sp³-hybridized carbons (Fsp3) is 0.0545. The molecule has 0 N–H and O–H groups in total. The van der Waals surface area contributed by atoms with Gasteiger partial charge in [-0.3, -0.25) is 0 Å². The summed E-state index contributed by atoms with van der Waals surface area (Å²) in [5.41, 5.74) is 17.0. The Morgan fingerprint density at radius 2 is 0.965 bits per heavy atom. The molecule has 0 bridgehead atoms. The third-order valence-electron chi connectivity index (χ3n) is 12.2. The summed E-state index contributed by atoms with van der Waals surface area (Å²) in [7, 11) is 0. The lowest BCUT2D eigenvalue weighted by Crippen LogP contribution is -2.15. The van der Waals surface area contributed by atoms with Crippen LogP contribution in [0.15, 0.2) is 206 Å². The van der Waals surface area contributed by atoms with Crippen LogP contribution in [-0.2, 0) is 5.41 Å². The molecule has 1 aliphatic rings. The van der Waals surface area contributed by atoms with Crippen molar-refractivity contribution < 1.29 is 0 Å². The van der Waals surface area contributed by atoms with Crippen LogP contribution in [0.4, 0.5) is 17.1 Å². The van der Waals surface area contributed by atoms with E-state index >= 15 is 0 Å². The number of para-hydroxylation sites is 3. The van der Waals surface area contributed by atoms with Gasteiger partial charge in [-0.2, -0.15) is 0 Å². The number of nitrogens with zero attached hydrogens (tertiary/aromatic N) is 2. The summed E-state index contributed by atoms with van der Waals surface area (Å²) < 4.78 is 2.39. The van der Waals surface area contributed by atoms with E-state index < -0.39 is 0 Å². The lowest BCUT2D eigenvalue weighted by atomic mass is 9.82. The number of hydrogen-bond acceptors (Lipinski definition) is 1. The summed E-state index contributed by atoms with van der Waals surface area (Å²) in [4.78, 5) is 2.45. The van der Waals surface area contributed by atoms with Crippen molar-refractivity contribution in [2.45, 2.75) is 19.3 Å². The van der Waals surface area contributed by atoms with E-state index in [1.807, 2.05) is 0 Å². The van der Waals surface area contributed by atoms with Gasteiger partial charge in [-0.05, 0) is 104 Å². The van der Waals surface area contributed by atoms with Crippen molar-refractivity contribution in [2.75, 3.05) is 4.90 Å². The molecule has 1 aromatic heterocycles. The second kappa shape index (κ2) is 13.0. The molecule has 0 amide bonds. The lowest BCUT2D eigenvalue weighted by Gasteiger charge is -2.29. The number of aromatic nitrogens is 1. The van der Waals surface area contributed by atoms with Crippen molar-refractivity contribution in [3.05, 3.63) is 217 Å². The Hall–Kier alpha value is -7.16. The quantitative estimate of drug-likeness (QED) is 0.165. The maximum absolute atomic E-state index is 2.45. The van der Waals surface area contributed by atoms with Gasteiger partial charge in [-0.15, -0.1) is 0 Å². The van der Waals surface area contributed by atoms with Crippen LogP contribution in [0.25, 0.3) is 71.6 Å². The molecule has 0 fully saturated rings. The molecule has 0 atom stereocenters. The van der Waals surface area contributed by atoms with Gasteiger partial charge in [-0.25, -0.2) is 0 Å². The van der Waals surface area contributed by atoms with Crippen molar-refractivity contribution in [3.8, 4) is 39.1 Å². The molecular weight excluding hydrogens is 689 g/mol. The minimum Gasteiger partial charge on any atom is -0.310 e. The summed E-state index contributed by atoms with van der Waals surface area (Å²) >= 11 is 0. The molecule has 0 saturated heterocycles. The molecule has 1 heterocycles. The summed E-state index contributed by atoms with van der Waals surface area (Å²) in [6, 6.07) is 75.6. The fourth-order valence-corrected chi connectivity index (χ4v) is 9.54. The fourth-order valence-electron chi connectivity index (χ4n) is 9.54. The highest BCUT2D eigenvalue weighted by Crippen LogP contribution is 2.54. The number of benzene rings is 9. The molecule has 270 valence electrons. The Balaban J connectivity index is 1.13. The van der Waals surface area contributed by atoms with E-state index in [4.69, 9.17) is 0 Å². The van der Waals surface area contributed by atoms with Gasteiger partial charge in [-0.1, -0.05) is 166 Å². The van der Waals surface area contributed by atoms with Crippen molar-refractivity contribution in [3.63, 3.8) is 0 Å². The summed E-state index contributed by atoms with van der Waals surface area (Å²) in [6.07, 6.45) is 0. The Morgan fingerprint density at radius 1 is 0.404 bits per heavy atom. The molecule has 0 aliphatic heterocycles. The average Bonchev–Trinajstić information content (AvgIpc) is 3.73. The van der Waals surface area contributed by atoms with Gasteiger partial charge < -0.3 is 9.47 Å². The first kappa shape index (κ1) is 33.2. The van der Waals surface area contributed by atoms with Crippen LogP contribution in [-0.4, -0.2) is 4.57 Å². The first-order valence-electron chi connectivity index (χ1n) is 19.9. The van der Waals surface area contributed by atoms with Crippen LogP contribution in [0.5, 0.6) is 0 Å². The zero-order valence-electron chi connectivity index (χ0n) is 32.0. The molecule has 57 heavy (non-hydrogen) atoms. The minimum absolute atomic E-state index is 0.0913. The summed E-state index contributed by atoms with van der Waals surface area (Å²) in [5, 5.41) is 5.02. The van der Waals surface area contributed by atoms with E-state index in [0.717, 1.165) is 22.7 Å². The first-order valence-corrected chi connectivity index (χ1v) is 19.9. The molecule has 11 rings (SSSR count). The molecule has 0 unspecified atom stereocenters. The normalized spacial score (nSPS) is 12.9. The molecule has 0 radical (unpaired) electrons. The predicted molar refractivity (Wildman–Crippen MR) is 241 cm³/mol. The average molecular weight is 729 g/mol. The monoisotopic (exact) mass is 728 g/mol. The maximum atomic E-state index is 2.45. The zero-order chi connectivity index (χ0) is 38.1. The molecule has 0 spiro atoms. The Bertz CT molecular complexity index is 3100. The van der Waals surface area contributed by atoms with Gasteiger partial charge in [0.25, 0.3) is 0 Å². The van der Waals surface area contributed by atoms with Crippen molar-refractivity contribution >= 4 is 49.6 Å². The number of hydrogen-bond donors (Lipinski definition) is 0. The molecule has 2 nitrogen and oxygen atoms in total. The van der Waals surface area contributed by atoms with Gasteiger partial charge in [0, 0.05) is 38.8 Å². The smallest absolute Gasteiger partial charge is 0.0541 e. The SMILES string of the molecule is CC1(C)c2ccccc2-c2c(-c3ccccc3N(c3ccc(-n4c5ccccc5c5ccccc54)cc3)c3cccc(-c4cccc5ccccc45)c3)cccc21. The maximum Gasteiger partial charge on any atom is 0.0541 e. The molecule has 1 aliphatic carbocycles. The van der Waals surface area contributed by atoms with Gasteiger partial charge in [0.1, 0.15) is 0 Å². The van der Waals surface area contributed by atoms with Crippen LogP contribution >= 0.6 is 0 Å². The summed E-state index contributed by atoms with van der Waals surface area (Å²) in [6.45, 7) is 4.72. The molecule has 10 aromatic rings. The van der Waals surface area contributed by atoms with E-state index in [9.17, 15) is 0 Å². The van der Waals surface area contributed by atoms with E-state index in [-0.39, 0.29) is 5.41 Å². The topological polar surface area (TPSA) is 8.17 Å². The lowest BCUT2D eigenvalue weighted by molar-refractivity contribution is 0.660. The predicted octanol–water partition coefficient (Wildman–Crippen LogP) is 15.0. The molecule has 9 aromatic carbocycles. The molecular formula is C55H40N2. The van der Waals surface area contributed by atoms with E-state index in [2.05, 4.69) is 230 Å². The van der Waals surface area contributed by atoms with Gasteiger partial charge in [0.15, 0.2) is 0 Å². The van der Waals surface area contributed by atoms with Crippen molar-refractivity contribution in [1.82, 2.24) is 4.57 Å². The van der Waals surface area contributed by atoms with Crippen LogP contribution in [0.3, 0.4) is 0 Å². The zero-order valence-corrected chi connectivity index (χ0v) is 32.0. The van der Waals surface area contributed by atoms with Gasteiger partial charge >= 0.3 is 0 Å². The van der Waals surface area contributed by atoms with Crippen LogP contribution in [0.1, 0.15) is 25.0 Å². The van der Waals surface area contributed by atoms with E-state index in [1.165, 1.54) is 77.1 Å². The Morgan fingerprint density at radius 3 is 1.75 bits per heavy atom. The largest absolute Gasteiger partial charge is 0.310 e. The standard InChI is InChI=1S/C55H40N2/c1-55(2)49-27-9-5-24-48(49)54-47(26-15-28-50(54)55)46-23-8-10-29-51(46)56(41-19-13-18-38(36-41)43-25-14-17-37-16-3-4-20-42(37)43)39-32-34-40(35-33-39)57-52-30-11-6-21-44(52)45-22-7-12-31-53(45)57/h3-36H,1-2H3. The van der Waals surface area contributed by atoms with Crippen molar-refractivity contribution in [2.24, 2.45) is 0 Å². The van der Waals surface area contributed by atoms with E-state index in [0.29, 0.717) is 0 Å². The number of anilines is 3.